The summed E-state index contributed by atoms with van der Waals surface area (Å²) in [4.78, 5) is 11.2. The van der Waals surface area contributed by atoms with Gasteiger partial charge in [-0.25, -0.2) is 4.79 Å². The first-order valence-electron chi connectivity index (χ1n) is 6.85. The Bertz CT molecular complexity index is 600. The van der Waals surface area contributed by atoms with E-state index in [9.17, 15) is 15.0 Å². The van der Waals surface area contributed by atoms with E-state index in [1.54, 1.807) is 18.2 Å². The number of hydrogen-bond acceptors (Lipinski definition) is 3. The van der Waals surface area contributed by atoms with Gasteiger partial charge in [0.1, 0.15) is 17.1 Å². The van der Waals surface area contributed by atoms with E-state index >= 15 is 0 Å². The first kappa shape index (κ1) is 13.0. The third-order valence-electron chi connectivity index (χ3n) is 4.46. The van der Waals surface area contributed by atoms with Crippen molar-refractivity contribution in [1.82, 2.24) is 0 Å². The molecule has 106 valence electrons. The maximum Gasteiger partial charge on any atom is 0.331 e. The van der Waals surface area contributed by atoms with Gasteiger partial charge in [-0.15, -0.1) is 0 Å². The summed E-state index contributed by atoms with van der Waals surface area (Å²) in [5.74, 6) is 0.0287. The molecule has 0 fully saturated rings. The Morgan fingerprint density at radius 1 is 1.40 bits per heavy atom. The van der Waals surface area contributed by atoms with E-state index in [0.717, 1.165) is 12.0 Å². The molecule has 0 amide bonds. The summed E-state index contributed by atoms with van der Waals surface area (Å²) >= 11 is 0. The minimum Gasteiger partial charge on any atom is -0.508 e. The molecule has 0 saturated carbocycles. The molecule has 1 unspecified atom stereocenters. The van der Waals surface area contributed by atoms with E-state index in [0.29, 0.717) is 17.7 Å². The highest BCUT2D eigenvalue weighted by Crippen LogP contribution is 2.52. The molecule has 1 heterocycles. The Hall–Kier alpha value is -1.97. The van der Waals surface area contributed by atoms with Crippen molar-refractivity contribution in [3.63, 3.8) is 0 Å². The Labute approximate surface area is 117 Å². The largest absolute Gasteiger partial charge is 0.508 e. The molecule has 1 aromatic carbocycles. The van der Waals surface area contributed by atoms with E-state index in [1.165, 1.54) is 0 Å². The molecule has 2 N–H and O–H groups in total. The van der Waals surface area contributed by atoms with Gasteiger partial charge in [-0.2, -0.15) is 0 Å². The minimum atomic E-state index is -0.871. The van der Waals surface area contributed by atoms with Gasteiger partial charge in [-0.3, -0.25) is 0 Å². The number of carboxylic acids is 1. The number of benzene rings is 1. The molecular formula is C16H18O4. The maximum atomic E-state index is 11.2. The molecule has 3 rings (SSSR count). The van der Waals surface area contributed by atoms with Crippen molar-refractivity contribution in [2.24, 2.45) is 5.92 Å². The second-order valence-corrected chi connectivity index (χ2v) is 6.06. The van der Waals surface area contributed by atoms with Crippen LogP contribution in [0.5, 0.6) is 11.5 Å². The lowest BCUT2D eigenvalue weighted by molar-refractivity contribution is -0.133. The van der Waals surface area contributed by atoms with E-state index in [2.05, 4.69) is 0 Å². The third kappa shape index (κ3) is 1.87. The van der Waals surface area contributed by atoms with Gasteiger partial charge < -0.3 is 14.9 Å². The number of hydrogen-bond donors (Lipinski definition) is 2. The number of aliphatic carboxylic acids is 1. The monoisotopic (exact) mass is 274 g/mol. The highest BCUT2D eigenvalue weighted by molar-refractivity contribution is 5.87. The summed E-state index contributed by atoms with van der Waals surface area (Å²) in [5.41, 5.74) is 0.778. The van der Waals surface area contributed by atoms with Crippen LogP contribution < -0.4 is 4.74 Å². The zero-order chi connectivity index (χ0) is 14.5. The average molecular weight is 274 g/mol. The van der Waals surface area contributed by atoms with Crippen LogP contribution in [0.2, 0.25) is 0 Å². The van der Waals surface area contributed by atoms with Gasteiger partial charge in [0.25, 0.3) is 0 Å². The molecule has 0 spiro atoms. The molecule has 0 aromatic heterocycles. The van der Waals surface area contributed by atoms with Gasteiger partial charge >= 0.3 is 5.97 Å². The van der Waals surface area contributed by atoms with Crippen LogP contribution in [0.25, 0.3) is 0 Å². The fraction of sp³-hybridized carbons (Fsp3) is 0.438. The second kappa shape index (κ2) is 4.27. The Morgan fingerprint density at radius 3 is 2.85 bits per heavy atom. The van der Waals surface area contributed by atoms with E-state index in [-0.39, 0.29) is 23.2 Å². The average Bonchev–Trinajstić information content (AvgIpc) is 2.37. The lowest BCUT2D eigenvalue weighted by atomic mass is 9.68. The number of carboxylic acid groups (broad SMARTS) is 1. The molecule has 0 bridgehead atoms. The lowest BCUT2D eigenvalue weighted by Crippen LogP contribution is -2.45. The van der Waals surface area contributed by atoms with Crippen LogP contribution in [-0.4, -0.2) is 21.8 Å². The summed E-state index contributed by atoms with van der Waals surface area (Å²) < 4.78 is 6.03. The molecule has 4 nitrogen and oxygen atoms in total. The number of allylic oxidation sites excluding steroid dienone is 1. The quantitative estimate of drug-likeness (QED) is 0.826. The summed E-state index contributed by atoms with van der Waals surface area (Å²) in [5, 5.41) is 19.3. The smallest absolute Gasteiger partial charge is 0.331 e. The Kier molecular flexibility index (Phi) is 2.78. The zero-order valence-electron chi connectivity index (χ0n) is 11.6. The molecule has 2 atom stereocenters. The maximum absolute atomic E-state index is 11.2. The first-order chi connectivity index (χ1) is 9.40. The molecule has 1 aliphatic carbocycles. The van der Waals surface area contributed by atoms with Crippen LogP contribution in [0.4, 0.5) is 0 Å². The van der Waals surface area contributed by atoms with E-state index in [4.69, 9.17) is 4.74 Å². The van der Waals surface area contributed by atoms with Crippen LogP contribution in [0.3, 0.4) is 0 Å². The van der Waals surface area contributed by atoms with Gasteiger partial charge in [0.05, 0.1) is 0 Å². The molecule has 1 aromatic rings. The summed E-state index contributed by atoms with van der Waals surface area (Å²) in [6, 6.07) is 5.20. The molecule has 2 aliphatic rings. The van der Waals surface area contributed by atoms with E-state index in [1.807, 2.05) is 19.9 Å². The number of phenolic OH excluding ortho intramolecular Hbond substituents is 1. The summed E-state index contributed by atoms with van der Waals surface area (Å²) in [6.45, 7) is 4.05. The molecule has 20 heavy (non-hydrogen) atoms. The van der Waals surface area contributed by atoms with E-state index < -0.39 is 5.97 Å². The second-order valence-electron chi connectivity index (χ2n) is 6.06. The van der Waals surface area contributed by atoms with Crippen molar-refractivity contribution >= 4 is 5.97 Å². The van der Waals surface area contributed by atoms with Gasteiger partial charge in [0.15, 0.2) is 0 Å². The minimum absolute atomic E-state index is 0.102. The molecule has 1 aliphatic heterocycles. The molecule has 4 heteroatoms. The van der Waals surface area contributed by atoms with Crippen LogP contribution >= 0.6 is 0 Å². The van der Waals surface area contributed by atoms with Crippen molar-refractivity contribution in [1.29, 1.82) is 0 Å². The molecule has 0 radical (unpaired) electrons. The van der Waals surface area contributed by atoms with Crippen LogP contribution in [0, 0.1) is 5.92 Å². The third-order valence-corrected chi connectivity index (χ3v) is 4.46. The molecule has 0 saturated heterocycles. The number of carbonyl (C=O) groups is 1. The van der Waals surface area contributed by atoms with Crippen molar-refractivity contribution in [3.8, 4) is 11.5 Å². The lowest BCUT2D eigenvalue weighted by Gasteiger charge is -2.46. The number of aromatic hydroxyl groups is 1. The van der Waals surface area contributed by atoms with Crippen LogP contribution in [0.15, 0.2) is 29.8 Å². The topological polar surface area (TPSA) is 66.8 Å². The Balaban J connectivity index is 2.17. The fourth-order valence-corrected chi connectivity index (χ4v) is 3.47. The van der Waals surface area contributed by atoms with Crippen molar-refractivity contribution in [3.05, 3.63) is 35.4 Å². The number of rotatable bonds is 1. The van der Waals surface area contributed by atoms with Gasteiger partial charge in [0, 0.05) is 23.0 Å². The summed E-state index contributed by atoms with van der Waals surface area (Å²) in [6.07, 6.45) is 3.09. The van der Waals surface area contributed by atoms with Crippen LogP contribution in [-0.2, 0) is 4.79 Å². The van der Waals surface area contributed by atoms with Gasteiger partial charge in [-0.1, -0.05) is 12.1 Å². The van der Waals surface area contributed by atoms with Gasteiger partial charge in [0.2, 0.25) is 0 Å². The summed E-state index contributed by atoms with van der Waals surface area (Å²) in [7, 11) is 0. The predicted octanol–water partition coefficient (Wildman–Crippen LogP) is 3.07. The van der Waals surface area contributed by atoms with Crippen molar-refractivity contribution in [2.75, 3.05) is 0 Å². The number of phenols is 1. The number of ether oxygens (including phenoxy) is 1. The van der Waals surface area contributed by atoms with Crippen molar-refractivity contribution < 1.29 is 19.7 Å². The predicted molar refractivity (Wildman–Crippen MR) is 74.0 cm³/mol. The SMILES string of the molecule is CC1(C)Oc2cccc(O)c2[C@H]2C=C(C(=O)O)CCC21. The first-order valence-corrected chi connectivity index (χ1v) is 6.85. The Morgan fingerprint density at radius 2 is 2.15 bits per heavy atom. The van der Waals surface area contributed by atoms with Crippen molar-refractivity contribution in [2.45, 2.75) is 38.2 Å². The normalized spacial score (nSPS) is 26.8. The highest BCUT2D eigenvalue weighted by Gasteiger charge is 2.45. The van der Waals surface area contributed by atoms with Crippen LogP contribution in [0.1, 0.15) is 38.2 Å². The standard InChI is InChI=1S/C16H18O4/c1-16(2)11-7-6-9(15(18)19)8-10(11)14-12(17)4-3-5-13(14)20-16/h3-5,8,10-11,17H,6-7H2,1-2H3,(H,18,19)/t10-,11?/m0/s1. The number of fused-ring (bicyclic) bond motifs is 3. The zero-order valence-corrected chi connectivity index (χ0v) is 11.6. The molecular weight excluding hydrogens is 256 g/mol. The fourth-order valence-electron chi connectivity index (χ4n) is 3.47. The highest BCUT2D eigenvalue weighted by atomic mass is 16.5. The van der Waals surface area contributed by atoms with Gasteiger partial charge in [-0.05, 0) is 38.8 Å².